The predicted octanol–water partition coefficient (Wildman–Crippen LogP) is 2.82. The Morgan fingerprint density at radius 3 is 2.16 bits per heavy atom. The summed E-state index contributed by atoms with van der Waals surface area (Å²) < 4.78 is 5.30. The third kappa shape index (κ3) is 2.87. The third-order valence-electron chi connectivity index (χ3n) is 3.16. The molecule has 0 N–H and O–H groups in total. The van der Waals surface area contributed by atoms with Crippen LogP contribution in [0.15, 0.2) is 12.1 Å². The minimum Gasteiger partial charge on any atom is -0.496 e. The summed E-state index contributed by atoms with van der Waals surface area (Å²) >= 11 is 0. The van der Waals surface area contributed by atoms with Crippen LogP contribution in [0.1, 0.15) is 25.0 Å². The van der Waals surface area contributed by atoms with Crippen LogP contribution < -0.4 is 9.64 Å². The van der Waals surface area contributed by atoms with Gasteiger partial charge in [-0.2, -0.15) is 5.26 Å². The van der Waals surface area contributed by atoms with E-state index in [1.807, 2.05) is 32.0 Å². The highest BCUT2D eigenvalue weighted by atomic mass is 16.5. The van der Waals surface area contributed by atoms with Gasteiger partial charge in [0, 0.05) is 12.7 Å². The number of amides is 1. The van der Waals surface area contributed by atoms with E-state index < -0.39 is 5.41 Å². The van der Waals surface area contributed by atoms with Crippen LogP contribution >= 0.6 is 0 Å². The minimum absolute atomic E-state index is 0.223. The molecule has 0 unspecified atom stereocenters. The fourth-order valence-electron chi connectivity index (χ4n) is 2.03. The van der Waals surface area contributed by atoms with E-state index in [1.165, 1.54) is 4.90 Å². The molecule has 0 bridgehead atoms. The predicted molar refractivity (Wildman–Crippen MR) is 75.3 cm³/mol. The molecule has 102 valence electrons. The van der Waals surface area contributed by atoms with Gasteiger partial charge in [-0.05, 0) is 51.0 Å². The Balaban J connectivity index is 3.19. The van der Waals surface area contributed by atoms with Crippen molar-refractivity contribution in [1.29, 1.82) is 5.26 Å². The van der Waals surface area contributed by atoms with Gasteiger partial charge < -0.3 is 9.64 Å². The van der Waals surface area contributed by atoms with Crippen molar-refractivity contribution in [1.82, 2.24) is 0 Å². The van der Waals surface area contributed by atoms with Gasteiger partial charge in [0.2, 0.25) is 5.91 Å². The third-order valence-corrected chi connectivity index (χ3v) is 3.16. The number of hydrogen-bond acceptors (Lipinski definition) is 3. The van der Waals surface area contributed by atoms with Crippen molar-refractivity contribution in [2.45, 2.75) is 27.7 Å². The maximum atomic E-state index is 12.2. The maximum Gasteiger partial charge on any atom is 0.246 e. The summed E-state index contributed by atoms with van der Waals surface area (Å²) in [4.78, 5) is 13.8. The van der Waals surface area contributed by atoms with Gasteiger partial charge in [0.15, 0.2) is 0 Å². The normalized spacial score (nSPS) is 10.8. The maximum absolute atomic E-state index is 12.2. The second kappa shape index (κ2) is 5.31. The van der Waals surface area contributed by atoms with Gasteiger partial charge in [-0.3, -0.25) is 4.79 Å². The molecule has 4 heteroatoms. The molecule has 1 amide bonds. The van der Waals surface area contributed by atoms with Crippen LogP contribution in [-0.4, -0.2) is 20.1 Å². The smallest absolute Gasteiger partial charge is 0.246 e. The zero-order chi connectivity index (χ0) is 14.8. The van der Waals surface area contributed by atoms with E-state index in [1.54, 1.807) is 28.0 Å². The molecule has 0 saturated carbocycles. The average Bonchev–Trinajstić information content (AvgIpc) is 2.36. The Morgan fingerprint density at radius 2 is 1.79 bits per heavy atom. The highest BCUT2D eigenvalue weighted by Gasteiger charge is 2.31. The molecular weight excluding hydrogens is 240 g/mol. The van der Waals surface area contributed by atoms with E-state index in [4.69, 9.17) is 10.00 Å². The lowest BCUT2D eigenvalue weighted by atomic mass is 9.93. The SMILES string of the molecule is COc1c(C)cc(N(C)C(=O)C(C)(C)C#N)cc1C. The van der Waals surface area contributed by atoms with Crippen LogP contribution in [0.3, 0.4) is 0 Å². The highest BCUT2D eigenvalue weighted by Crippen LogP contribution is 2.30. The Kier molecular flexibility index (Phi) is 4.21. The van der Waals surface area contributed by atoms with E-state index in [-0.39, 0.29) is 5.91 Å². The van der Waals surface area contributed by atoms with E-state index in [0.29, 0.717) is 0 Å². The van der Waals surface area contributed by atoms with Crippen LogP contribution in [0.25, 0.3) is 0 Å². The number of nitriles is 1. The first kappa shape index (κ1) is 15.0. The zero-order valence-corrected chi connectivity index (χ0v) is 12.4. The fraction of sp³-hybridized carbons (Fsp3) is 0.467. The van der Waals surface area contributed by atoms with Crippen molar-refractivity contribution in [3.05, 3.63) is 23.3 Å². The van der Waals surface area contributed by atoms with E-state index in [2.05, 4.69) is 0 Å². The van der Waals surface area contributed by atoms with Crippen molar-refractivity contribution in [3.8, 4) is 11.8 Å². The summed E-state index contributed by atoms with van der Waals surface area (Å²) in [5.74, 6) is 0.600. The van der Waals surface area contributed by atoms with Crippen LogP contribution in [0.4, 0.5) is 5.69 Å². The number of rotatable bonds is 3. The molecule has 0 fully saturated rings. The number of benzene rings is 1. The number of hydrogen-bond donors (Lipinski definition) is 0. The number of nitrogens with zero attached hydrogens (tertiary/aromatic N) is 2. The molecule has 1 aromatic rings. The van der Waals surface area contributed by atoms with Gasteiger partial charge in [-0.15, -0.1) is 0 Å². The van der Waals surface area contributed by atoms with Crippen molar-refractivity contribution in [3.63, 3.8) is 0 Å². The number of aryl methyl sites for hydroxylation is 2. The van der Waals surface area contributed by atoms with Crippen molar-refractivity contribution >= 4 is 11.6 Å². The van der Waals surface area contributed by atoms with Crippen LogP contribution in [-0.2, 0) is 4.79 Å². The number of carbonyl (C=O) groups is 1. The molecule has 0 spiro atoms. The summed E-state index contributed by atoms with van der Waals surface area (Å²) in [6.45, 7) is 7.11. The standard InChI is InChI=1S/C15H20N2O2/c1-10-7-12(8-11(2)13(10)19-6)17(5)14(18)15(3,4)9-16/h7-8H,1-6H3. The molecule has 0 saturated heterocycles. The number of carbonyl (C=O) groups excluding carboxylic acids is 1. The number of ether oxygens (including phenoxy) is 1. The average molecular weight is 260 g/mol. The van der Waals surface area contributed by atoms with Gasteiger partial charge in [0.25, 0.3) is 0 Å². The fourth-order valence-corrected chi connectivity index (χ4v) is 2.03. The molecule has 0 aromatic heterocycles. The largest absolute Gasteiger partial charge is 0.496 e. The molecule has 0 aliphatic heterocycles. The van der Waals surface area contributed by atoms with Crippen LogP contribution in [0.2, 0.25) is 0 Å². The zero-order valence-electron chi connectivity index (χ0n) is 12.4. The van der Waals surface area contributed by atoms with Crippen LogP contribution in [0, 0.1) is 30.6 Å². The number of anilines is 1. The molecule has 1 rings (SSSR count). The second-order valence-corrected chi connectivity index (χ2v) is 5.21. The summed E-state index contributed by atoms with van der Waals surface area (Å²) in [5, 5.41) is 9.03. The Morgan fingerprint density at radius 1 is 1.32 bits per heavy atom. The molecule has 19 heavy (non-hydrogen) atoms. The van der Waals surface area contributed by atoms with E-state index in [9.17, 15) is 4.79 Å². The summed E-state index contributed by atoms with van der Waals surface area (Å²) in [6, 6.07) is 5.80. The topological polar surface area (TPSA) is 53.3 Å². The molecule has 4 nitrogen and oxygen atoms in total. The highest BCUT2D eigenvalue weighted by molar-refractivity contribution is 5.98. The van der Waals surface area contributed by atoms with Gasteiger partial charge in [0.05, 0.1) is 13.2 Å². The Labute approximate surface area is 114 Å². The molecule has 0 aliphatic carbocycles. The molecule has 1 aromatic carbocycles. The summed E-state index contributed by atoms with van der Waals surface area (Å²) in [5.41, 5.74) is 1.67. The lowest BCUT2D eigenvalue weighted by Crippen LogP contribution is -2.37. The monoisotopic (exact) mass is 260 g/mol. The molecule has 0 aliphatic rings. The van der Waals surface area contributed by atoms with E-state index in [0.717, 1.165) is 22.6 Å². The lowest BCUT2D eigenvalue weighted by Gasteiger charge is -2.25. The van der Waals surface area contributed by atoms with Gasteiger partial charge >= 0.3 is 0 Å². The first-order chi connectivity index (χ1) is 8.74. The minimum atomic E-state index is -1.03. The molecule has 0 radical (unpaired) electrons. The Bertz CT molecular complexity index is 519. The van der Waals surface area contributed by atoms with E-state index >= 15 is 0 Å². The molecule has 0 heterocycles. The summed E-state index contributed by atoms with van der Waals surface area (Å²) in [7, 11) is 3.31. The lowest BCUT2D eigenvalue weighted by molar-refractivity contribution is -0.123. The van der Waals surface area contributed by atoms with Gasteiger partial charge in [-0.25, -0.2) is 0 Å². The molecule has 0 atom stereocenters. The van der Waals surface area contributed by atoms with Crippen molar-refractivity contribution < 1.29 is 9.53 Å². The molecular formula is C15H20N2O2. The quantitative estimate of drug-likeness (QED) is 0.839. The first-order valence-corrected chi connectivity index (χ1v) is 6.09. The van der Waals surface area contributed by atoms with Gasteiger partial charge in [0.1, 0.15) is 11.2 Å². The second-order valence-electron chi connectivity index (χ2n) is 5.21. The Hall–Kier alpha value is -2.02. The van der Waals surface area contributed by atoms with Crippen molar-refractivity contribution in [2.75, 3.05) is 19.1 Å². The van der Waals surface area contributed by atoms with Gasteiger partial charge in [-0.1, -0.05) is 0 Å². The van der Waals surface area contributed by atoms with Crippen molar-refractivity contribution in [2.24, 2.45) is 5.41 Å². The van der Waals surface area contributed by atoms with Crippen LogP contribution in [0.5, 0.6) is 5.75 Å². The number of methoxy groups -OCH3 is 1. The first-order valence-electron chi connectivity index (χ1n) is 6.09. The summed E-state index contributed by atoms with van der Waals surface area (Å²) in [6.07, 6.45) is 0.